The number of fused-ring (bicyclic) bond motifs is 1. The molecule has 1 unspecified atom stereocenters. The van der Waals surface area contributed by atoms with Crippen molar-refractivity contribution in [1.29, 1.82) is 0 Å². The summed E-state index contributed by atoms with van der Waals surface area (Å²) in [5, 5.41) is 16.0. The third-order valence-electron chi connectivity index (χ3n) is 6.32. The summed E-state index contributed by atoms with van der Waals surface area (Å²) >= 11 is 0. The van der Waals surface area contributed by atoms with Crippen molar-refractivity contribution in [1.82, 2.24) is 0 Å². The fraction of sp³-hybridized carbons (Fsp3) is 0.100. The number of Topliss-reactive ketones (excluding diaryl/α,β-unsaturated/α-hetero) is 1. The number of aliphatic hydroxyl groups excluding tert-OH is 1. The lowest BCUT2D eigenvalue weighted by molar-refractivity contribution is -0.132. The van der Waals surface area contributed by atoms with Gasteiger partial charge in [0.15, 0.2) is 0 Å². The van der Waals surface area contributed by atoms with Crippen LogP contribution in [0.4, 0.5) is 11.4 Å². The molecule has 184 valence electrons. The molecule has 5 rings (SSSR count). The summed E-state index contributed by atoms with van der Waals surface area (Å²) in [6, 6.07) is 25.8. The van der Waals surface area contributed by atoms with Crippen molar-refractivity contribution in [2.75, 3.05) is 17.3 Å². The summed E-state index contributed by atoms with van der Waals surface area (Å²) in [5.41, 5.74) is 1.87. The molecule has 0 aromatic heterocycles. The van der Waals surface area contributed by atoms with Gasteiger partial charge in [0.2, 0.25) is 5.91 Å². The molecule has 2 amide bonds. The van der Waals surface area contributed by atoms with Crippen molar-refractivity contribution in [2.45, 2.75) is 13.0 Å². The summed E-state index contributed by atoms with van der Waals surface area (Å²) in [5.74, 6) is -1.57. The first-order chi connectivity index (χ1) is 17.9. The zero-order valence-electron chi connectivity index (χ0n) is 20.3. The Balaban J connectivity index is 1.71. The van der Waals surface area contributed by atoms with Crippen LogP contribution in [-0.4, -0.2) is 29.8 Å². The van der Waals surface area contributed by atoms with Crippen LogP contribution < -0.4 is 15.0 Å². The van der Waals surface area contributed by atoms with Gasteiger partial charge in [0, 0.05) is 23.9 Å². The maximum absolute atomic E-state index is 13.5. The number of ketones is 1. The lowest BCUT2D eigenvalue weighted by Crippen LogP contribution is -2.29. The second-order valence-corrected chi connectivity index (χ2v) is 8.74. The average molecular weight is 493 g/mol. The van der Waals surface area contributed by atoms with Crippen LogP contribution in [-0.2, 0) is 14.4 Å². The van der Waals surface area contributed by atoms with Crippen molar-refractivity contribution < 1.29 is 24.2 Å². The SMILES string of the molecule is COc1cccc(C2/C(=C(/O)c3ccc4ccccc4c3)C(=O)C(=O)N2c2cccc(NC(C)=O)c2)c1. The van der Waals surface area contributed by atoms with Crippen LogP contribution in [0.5, 0.6) is 5.75 Å². The van der Waals surface area contributed by atoms with Gasteiger partial charge in [0.25, 0.3) is 11.7 Å². The van der Waals surface area contributed by atoms with Crippen LogP contribution in [0.25, 0.3) is 16.5 Å². The summed E-state index contributed by atoms with van der Waals surface area (Å²) in [4.78, 5) is 39.9. The maximum Gasteiger partial charge on any atom is 0.300 e. The first kappa shape index (κ1) is 23.8. The molecule has 4 aromatic carbocycles. The molecule has 1 aliphatic heterocycles. The van der Waals surface area contributed by atoms with E-state index in [4.69, 9.17) is 4.74 Å². The van der Waals surface area contributed by atoms with E-state index in [1.807, 2.05) is 30.3 Å². The molecular formula is C30H24N2O5. The van der Waals surface area contributed by atoms with Gasteiger partial charge in [-0.05, 0) is 52.7 Å². The minimum atomic E-state index is -0.922. The number of amides is 2. The molecule has 0 radical (unpaired) electrons. The summed E-state index contributed by atoms with van der Waals surface area (Å²) < 4.78 is 5.39. The zero-order chi connectivity index (χ0) is 26.1. The summed E-state index contributed by atoms with van der Waals surface area (Å²) in [6.07, 6.45) is 0. The largest absolute Gasteiger partial charge is 0.507 e. The van der Waals surface area contributed by atoms with Crippen LogP contribution in [0.1, 0.15) is 24.1 Å². The molecule has 1 heterocycles. The van der Waals surface area contributed by atoms with E-state index < -0.39 is 17.7 Å². The molecule has 37 heavy (non-hydrogen) atoms. The molecular weight excluding hydrogens is 468 g/mol. The van der Waals surface area contributed by atoms with Crippen LogP contribution in [0.2, 0.25) is 0 Å². The van der Waals surface area contributed by atoms with E-state index >= 15 is 0 Å². The molecule has 0 aliphatic carbocycles. The molecule has 7 heteroatoms. The predicted molar refractivity (Wildman–Crippen MR) is 142 cm³/mol. The van der Waals surface area contributed by atoms with Gasteiger partial charge in [-0.2, -0.15) is 0 Å². The Hall–Kier alpha value is -4.91. The molecule has 4 aromatic rings. The monoisotopic (exact) mass is 492 g/mol. The highest BCUT2D eigenvalue weighted by Crippen LogP contribution is 2.43. The minimum absolute atomic E-state index is 0.0292. The molecule has 0 spiro atoms. The van der Waals surface area contributed by atoms with Gasteiger partial charge in [-0.25, -0.2) is 0 Å². The number of rotatable bonds is 5. The van der Waals surface area contributed by atoms with Gasteiger partial charge >= 0.3 is 0 Å². The predicted octanol–water partition coefficient (Wildman–Crippen LogP) is 5.43. The first-order valence-electron chi connectivity index (χ1n) is 11.7. The van der Waals surface area contributed by atoms with Gasteiger partial charge in [-0.3, -0.25) is 19.3 Å². The Morgan fingerprint density at radius 1 is 0.892 bits per heavy atom. The number of hydrogen-bond acceptors (Lipinski definition) is 5. The molecule has 0 bridgehead atoms. The topological polar surface area (TPSA) is 95.9 Å². The maximum atomic E-state index is 13.5. The number of methoxy groups -OCH3 is 1. The van der Waals surface area contributed by atoms with Crippen molar-refractivity contribution in [3.8, 4) is 5.75 Å². The molecule has 2 N–H and O–H groups in total. The smallest absolute Gasteiger partial charge is 0.300 e. The van der Waals surface area contributed by atoms with E-state index in [0.717, 1.165) is 10.8 Å². The lowest BCUT2D eigenvalue weighted by atomic mass is 9.94. The molecule has 0 saturated carbocycles. The van der Waals surface area contributed by atoms with Crippen LogP contribution in [0.3, 0.4) is 0 Å². The number of carbonyl (C=O) groups is 3. The zero-order valence-corrected chi connectivity index (χ0v) is 20.3. The quantitative estimate of drug-likeness (QED) is 0.220. The minimum Gasteiger partial charge on any atom is -0.507 e. The van der Waals surface area contributed by atoms with Crippen molar-refractivity contribution >= 4 is 45.5 Å². The number of anilines is 2. The highest BCUT2D eigenvalue weighted by molar-refractivity contribution is 6.51. The Labute approximate surface area is 213 Å². The van der Waals surface area contributed by atoms with E-state index in [0.29, 0.717) is 28.3 Å². The lowest BCUT2D eigenvalue weighted by Gasteiger charge is -2.26. The van der Waals surface area contributed by atoms with E-state index in [1.165, 1.54) is 18.9 Å². The van der Waals surface area contributed by atoms with Gasteiger partial charge in [0.05, 0.1) is 18.7 Å². The third kappa shape index (κ3) is 4.43. The first-order valence-corrected chi connectivity index (χ1v) is 11.7. The standard InChI is InChI=1S/C30H24N2O5/c1-18(33)31-23-10-6-11-24(17-23)32-27(21-9-5-12-25(16-21)37-2)26(29(35)30(32)36)28(34)22-14-13-19-7-3-4-8-20(19)15-22/h3-17,27,34H,1-2H3,(H,31,33)/b28-26-. The third-order valence-corrected chi connectivity index (χ3v) is 6.32. The Morgan fingerprint density at radius 2 is 1.65 bits per heavy atom. The van der Waals surface area contributed by atoms with Crippen molar-refractivity contribution in [3.63, 3.8) is 0 Å². The van der Waals surface area contributed by atoms with Gasteiger partial charge < -0.3 is 15.2 Å². The summed E-state index contributed by atoms with van der Waals surface area (Å²) in [7, 11) is 1.53. The number of nitrogens with zero attached hydrogens (tertiary/aromatic N) is 1. The fourth-order valence-electron chi connectivity index (χ4n) is 4.65. The van der Waals surface area contributed by atoms with Crippen LogP contribution in [0.15, 0.2) is 96.6 Å². The number of nitrogens with one attached hydrogen (secondary N) is 1. The van der Waals surface area contributed by atoms with E-state index in [2.05, 4.69) is 5.32 Å². The Bertz CT molecular complexity index is 1590. The molecule has 1 saturated heterocycles. The highest BCUT2D eigenvalue weighted by Gasteiger charge is 2.47. The number of ether oxygens (including phenoxy) is 1. The average Bonchev–Trinajstić information content (AvgIpc) is 3.18. The second-order valence-electron chi connectivity index (χ2n) is 8.74. The number of benzene rings is 4. The van der Waals surface area contributed by atoms with E-state index in [9.17, 15) is 19.5 Å². The van der Waals surface area contributed by atoms with Gasteiger partial charge in [0.1, 0.15) is 11.5 Å². The van der Waals surface area contributed by atoms with Gasteiger partial charge in [-0.1, -0.05) is 54.6 Å². The van der Waals surface area contributed by atoms with Crippen molar-refractivity contribution in [2.24, 2.45) is 0 Å². The van der Waals surface area contributed by atoms with E-state index in [-0.39, 0.29) is 17.2 Å². The Morgan fingerprint density at radius 3 is 2.41 bits per heavy atom. The van der Waals surface area contributed by atoms with Crippen LogP contribution >= 0.6 is 0 Å². The van der Waals surface area contributed by atoms with Crippen molar-refractivity contribution in [3.05, 3.63) is 108 Å². The molecule has 7 nitrogen and oxygen atoms in total. The Kier molecular flexibility index (Phi) is 6.19. The van der Waals surface area contributed by atoms with E-state index in [1.54, 1.807) is 60.7 Å². The van der Waals surface area contributed by atoms with Crippen LogP contribution in [0, 0.1) is 0 Å². The second kappa shape index (κ2) is 9.62. The highest BCUT2D eigenvalue weighted by atomic mass is 16.5. The van der Waals surface area contributed by atoms with Gasteiger partial charge in [-0.15, -0.1) is 0 Å². The summed E-state index contributed by atoms with van der Waals surface area (Å²) in [6.45, 7) is 1.39. The number of carbonyl (C=O) groups excluding carboxylic acids is 3. The normalized spacial score (nSPS) is 16.7. The number of aliphatic hydroxyl groups is 1. The molecule has 1 fully saturated rings. The molecule has 1 aliphatic rings. The number of hydrogen-bond donors (Lipinski definition) is 2. The molecule has 1 atom stereocenters. The fourth-order valence-corrected chi connectivity index (χ4v) is 4.65.